The number of aromatic carboxylic acids is 1. The van der Waals surface area contributed by atoms with E-state index in [0.717, 1.165) is 0 Å². The number of carboxylic acid groups (broad SMARTS) is 1. The Morgan fingerprint density at radius 3 is 2.71 bits per heavy atom. The Morgan fingerprint density at radius 1 is 1.64 bits per heavy atom. The first kappa shape index (κ1) is 10.2. The molecule has 0 unspecified atom stereocenters. The molecule has 0 aliphatic heterocycles. The third kappa shape index (κ3) is 1.58. The number of benzene rings is 1. The van der Waals surface area contributed by atoms with Crippen molar-refractivity contribution < 1.29 is 9.90 Å². The average Bonchev–Trinajstić information content (AvgIpc) is 2.16. The number of rotatable bonds is 2. The highest BCUT2D eigenvalue weighted by Crippen LogP contribution is 2.17. The molecule has 1 rings (SSSR count). The van der Waals surface area contributed by atoms with Crippen LogP contribution in [0.3, 0.4) is 0 Å². The number of nitrogens with zero attached hydrogens (tertiary/aromatic N) is 1. The molecule has 4 nitrogen and oxygen atoms in total. The molecule has 4 heteroatoms. The van der Waals surface area contributed by atoms with Gasteiger partial charge in [0, 0.05) is 6.54 Å². The van der Waals surface area contributed by atoms with Crippen LogP contribution in [0.4, 0.5) is 0 Å². The van der Waals surface area contributed by atoms with Gasteiger partial charge in [0.1, 0.15) is 0 Å². The lowest BCUT2D eigenvalue weighted by Crippen LogP contribution is -2.06. The maximum absolute atomic E-state index is 10.7. The monoisotopic (exact) mass is 190 g/mol. The summed E-state index contributed by atoms with van der Waals surface area (Å²) in [5.74, 6) is -1.03. The van der Waals surface area contributed by atoms with Gasteiger partial charge in [-0.3, -0.25) is 0 Å². The van der Waals surface area contributed by atoms with Gasteiger partial charge in [-0.25, -0.2) is 4.79 Å². The minimum Gasteiger partial charge on any atom is -0.478 e. The van der Waals surface area contributed by atoms with Gasteiger partial charge in [-0.1, -0.05) is 6.07 Å². The van der Waals surface area contributed by atoms with Crippen molar-refractivity contribution >= 4 is 5.97 Å². The second kappa shape index (κ2) is 3.90. The molecular weight excluding hydrogens is 180 g/mol. The molecule has 0 heterocycles. The van der Waals surface area contributed by atoms with Crippen molar-refractivity contribution in [3.8, 4) is 6.07 Å². The van der Waals surface area contributed by atoms with E-state index >= 15 is 0 Å². The molecule has 0 aliphatic carbocycles. The Kier molecular flexibility index (Phi) is 2.85. The van der Waals surface area contributed by atoms with Gasteiger partial charge in [0.2, 0.25) is 0 Å². The Balaban J connectivity index is 3.44. The van der Waals surface area contributed by atoms with E-state index in [9.17, 15) is 4.79 Å². The molecule has 0 amide bonds. The van der Waals surface area contributed by atoms with Crippen LogP contribution in [0, 0.1) is 18.3 Å². The minimum atomic E-state index is -1.03. The van der Waals surface area contributed by atoms with E-state index < -0.39 is 5.97 Å². The molecular formula is C10H10N2O2. The number of carboxylic acids is 1. The van der Waals surface area contributed by atoms with E-state index in [-0.39, 0.29) is 12.1 Å². The summed E-state index contributed by atoms with van der Waals surface area (Å²) >= 11 is 0. The second-order valence-corrected chi connectivity index (χ2v) is 2.89. The number of nitriles is 1. The summed E-state index contributed by atoms with van der Waals surface area (Å²) in [5.41, 5.74) is 7.09. The molecule has 0 aromatic heterocycles. The Labute approximate surface area is 81.6 Å². The molecule has 72 valence electrons. The quantitative estimate of drug-likeness (QED) is 0.728. The molecule has 0 bridgehead atoms. The van der Waals surface area contributed by atoms with Gasteiger partial charge in [0.15, 0.2) is 0 Å². The normalized spacial score (nSPS) is 9.50. The van der Waals surface area contributed by atoms with Crippen molar-refractivity contribution in [3.63, 3.8) is 0 Å². The average molecular weight is 190 g/mol. The molecule has 1 aromatic rings. The highest BCUT2D eigenvalue weighted by atomic mass is 16.4. The summed E-state index contributed by atoms with van der Waals surface area (Å²) in [4.78, 5) is 10.7. The predicted molar refractivity (Wildman–Crippen MR) is 50.7 cm³/mol. The topological polar surface area (TPSA) is 87.1 Å². The maximum Gasteiger partial charge on any atom is 0.335 e. The number of hydrogen-bond acceptors (Lipinski definition) is 3. The number of hydrogen-bond donors (Lipinski definition) is 2. The summed E-state index contributed by atoms with van der Waals surface area (Å²) in [6, 6.07) is 5.02. The molecule has 14 heavy (non-hydrogen) atoms. The van der Waals surface area contributed by atoms with Gasteiger partial charge < -0.3 is 10.8 Å². The first-order valence-electron chi connectivity index (χ1n) is 4.07. The summed E-state index contributed by atoms with van der Waals surface area (Å²) < 4.78 is 0. The zero-order valence-electron chi connectivity index (χ0n) is 7.74. The second-order valence-electron chi connectivity index (χ2n) is 2.89. The smallest absolute Gasteiger partial charge is 0.335 e. The lowest BCUT2D eigenvalue weighted by atomic mass is 9.98. The molecule has 0 atom stereocenters. The Bertz CT molecular complexity index is 419. The maximum atomic E-state index is 10.7. The lowest BCUT2D eigenvalue weighted by molar-refractivity contribution is 0.0696. The molecule has 0 aliphatic rings. The van der Waals surface area contributed by atoms with Crippen LogP contribution in [0.1, 0.15) is 27.0 Å². The van der Waals surface area contributed by atoms with Gasteiger partial charge in [0.25, 0.3) is 0 Å². The van der Waals surface area contributed by atoms with Crippen molar-refractivity contribution in [2.75, 3.05) is 0 Å². The van der Waals surface area contributed by atoms with Crippen LogP contribution < -0.4 is 5.73 Å². The van der Waals surface area contributed by atoms with Crippen molar-refractivity contribution in [2.45, 2.75) is 13.5 Å². The number of carbonyl (C=O) groups is 1. The summed E-state index contributed by atoms with van der Waals surface area (Å²) in [6.07, 6.45) is 0. The van der Waals surface area contributed by atoms with E-state index in [1.807, 2.05) is 6.07 Å². The van der Waals surface area contributed by atoms with E-state index in [1.165, 1.54) is 6.07 Å². The summed E-state index contributed by atoms with van der Waals surface area (Å²) in [5, 5.41) is 17.6. The standard InChI is InChI=1S/C10H10N2O2/c1-6-8(10(13)14)3-2-7(4-11)9(6)5-12/h2-3H,4,11H2,1H3,(H,13,14). The van der Waals surface area contributed by atoms with Gasteiger partial charge in [-0.05, 0) is 24.1 Å². The van der Waals surface area contributed by atoms with E-state index in [2.05, 4.69) is 0 Å². The lowest BCUT2D eigenvalue weighted by Gasteiger charge is -2.06. The van der Waals surface area contributed by atoms with E-state index in [0.29, 0.717) is 16.7 Å². The van der Waals surface area contributed by atoms with Crippen LogP contribution in [0.2, 0.25) is 0 Å². The van der Waals surface area contributed by atoms with Crippen LogP contribution in [-0.4, -0.2) is 11.1 Å². The SMILES string of the molecule is Cc1c(C(=O)O)ccc(CN)c1C#N. The highest BCUT2D eigenvalue weighted by molar-refractivity contribution is 5.90. The fraction of sp³-hybridized carbons (Fsp3) is 0.200. The predicted octanol–water partition coefficient (Wildman–Crippen LogP) is 1.02. The Morgan fingerprint density at radius 2 is 2.29 bits per heavy atom. The van der Waals surface area contributed by atoms with Crippen LogP contribution in [0.15, 0.2) is 12.1 Å². The summed E-state index contributed by atoms with van der Waals surface area (Å²) in [7, 11) is 0. The van der Waals surface area contributed by atoms with E-state index in [1.54, 1.807) is 13.0 Å². The fourth-order valence-electron chi connectivity index (χ4n) is 1.33. The first-order valence-corrected chi connectivity index (χ1v) is 4.07. The molecule has 0 spiro atoms. The minimum absolute atomic E-state index is 0.152. The molecule has 3 N–H and O–H groups in total. The number of nitrogens with two attached hydrogens (primary N) is 1. The zero-order valence-corrected chi connectivity index (χ0v) is 7.74. The van der Waals surface area contributed by atoms with Gasteiger partial charge in [-0.2, -0.15) is 5.26 Å². The van der Waals surface area contributed by atoms with Crippen LogP contribution in [-0.2, 0) is 6.54 Å². The Hall–Kier alpha value is -1.86. The van der Waals surface area contributed by atoms with Crippen molar-refractivity contribution in [1.29, 1.82) is 5.26 Å². The third-order valence-electron chi connectivity index (χ3n) is 2.11. The van der Waals surface area contributed by atoms with Crippen molar-refractivity contribution in [1.82, 2.24) is 0 Å². The van der Waals surface area contributed by atoms with Crippen LogP contribution in [0.25, 0.3) is 0 Å². The van der Waals surface area contributed by atoms with Crippen molar-refractivity contribution in [3.05, 3.63) is 34.4 Å². The molecule has 0 radical (unpaired) electrons. The summed E-state index contributed by atoms with van der Waals surface area (Å²) in [6.45, 7) is 1.85. The molecule has 0 fully saturated rings. The fourth-order valence-corrected chi connectivity index (χ4v) is 1.33. The van der Waals surface area contributed by atoms with E-state index in [4.69, 9.17) is 16.1 Å². The van der Waals surface area contributed by atoms with Crippen molar-refractivity contribution in [2.24, 2.45) is 5.73 Å². The first-order chi connectivity index (χ1) is 6.61. The highest BCUT2D eigenvalue weighted by Gasteiger charge is 2.12. The molecule has 0 saturated carbocycles. The molecule has 1 aromatic carbocycles. The third-order valence-corrected chi connectivity index (χ3v) is 2.11. The van der Waals surface area contributed by atoms with Gasteiger partial charge >= 0.3 is 5.97 Å². The molecule has 0 saturated heterocycles. The zero-order chi connectivity index (χ0) is 10.7. The van der Waals surface area contributed by atoms with Gasteiger partial charge in [0.05, 0.1) is 17.2 Å². The van der Waals surface area contributed by atoms with Crippen LogP contribution in [0.5, 0.6) is 0 Å². The van der Waals surface area contributed by atoms with Gasteiger partial charge in [-0.15, -0.1) is 0 Å². The largest absolute Gasteiger partial charge is 0.478 e. The van der Waals surface area contributed by atoms with Crippen LogP contribution >= 0.6 is 0 Å².